The van der Waals surface area contributed by atoms with Gasteiger partial charge in [0.1, 0.15) is 6.61 Å². The van der Waals surface area contributed by atoms with E-state index in [1.807, 2.05) is 37.3 Å². The number of amides is 1. The van der Waals surface area contributed by atoms with Crippen molar-refractivity contribution in [2.24, 2.45) is 5.10 Å². The van der Waals surface area contributed by atoms with Crippen molar-refractivity contribution in [3.63, 3.8) is 0 Å². The third-order valence-electron chi connectivity index (χ3n) is 1.64. The largest absolute Gasteiger partial charge is 0.443 e. The lowest BCUT2D eigenvalue weighted by atomic mass is 10.2. The molecule has 0 radical (unpaired) electrons. The molecule has 0 aliphatic heterocycles. The number of hydrogen-bond donors (Lipinski definition) is 1. The van der Waals surface area contributed by atoms with Gasteiger partial charge in [0.25, 0.3) is 0 Å². The minimum atomic E-state index is -0.538. The Morgan fingerprint density at radius 2 is 2.20 bits per heavy atom. The van der Waals surface area contributed by atoms with Gasteiger partial charge in [-0.2, -0.15) is 5.10 Å². The summed E-state index contributed by atoms with van der Waals surface area (Å²) in [5.41, 5.74) is 3.21. The minimum absolute atomic E-state index is 0.258. The predicted octanol–water partition coefficient (Wildman–Crippen LogP) is 2.31. The van der Waals surface area contributed by atoms with Crippen LogP contribution < -0.4 is 5.43 Å². The Hall–Kier alpha value is -1.84. The lowest BCUT2D eigenvalue weighted by Gasteiger charge is -2.02. The van der Waals surface area contributed by atoms with Crippen LogP contribution >= 0.6 is 0 Å². The van der Waals surface area contributed by atoms with Gasteiger partial charge in [0, 0.05) is 6.21 Å². The Morgan fingerprint density at radius 3 is 2.87 bits per heavy atom. The number of hydrogen-bond acceptors (Lipinski definition) is 3. The summed E-state index contributed by atoms with van der Waals surface area (Å²) in [6, 6.07) is 9.48. The monoisotopic (exact) mass is 206 g/mol. The summed E-state index contributed by atoms with van der Waals surface area (Å²) in [4.78, 5) is 11.0. The molecule has 1 rings (SSSR count). The van der Waals surface area contributed by atoms with Crippen LogP contribution in [0.1, 0.15) is 18.9 Å². The first-order valence-corrected chi connectivity index (χ1v) is 4.81. The molecule has 0 atom stereocenters. The van der Waals surface area contributed by atoms with E-state index in [9.17, 15) is 4.79 Å². The van der Waals surface area contributed by atoms with Gasteiger partial charge >= 0.3 is 6.09 Å². The number of rotatable bonds is 4. The fourth-order valence-corrected chi connectivity index (χ4v) is 0.945. The normalized spacial score (nSPS) is 10.2. The third kappa shape index (κ3) is 4.81. The molecule has 4 heteroatoms. The fourth-order valence-electron chi connectivity index (χ4n) is 0.945. The van der Waals surface area contributed by atoms with Gasteiger partial charge < -0.3 is 4.74 Å². The number of carbonyl (C=O) groups excluding carboxylic acids is 1. The number of carbonyl (C=O) groups is 1. The topological polar surface area (TPSA) is 50.7 Å². The second kappa shape index (κ2) is 6.59. The van der Waals surface area contributed by atoms with Gasteiger partial charge in [0.2, 0.25) is 0 Å². The van der Waals surface area contributed by atoms with E-state index in [2.05, 4.69) is 10.5 Å². The van der Waals surface area contributed by atoms with Gasteiger partial charge in [-0.25, -0.2) is 10.2 Å². The number of nitrogens with zero attached hydrogens (tertiary/aromatic N) is 1. The van der Waals surface area contributed by atoms with Crippen LogP contribution in [0.5, 0.6) is 0 Å². The van der Waals surface area contributed by atoms with Crippen LogP contribution in [0.3, 0.4) is 0 Å². The van der Waals surface area contributed by atoms with Gasteiger partial charge in [-0.05, 0) is 12.0 Å². The predicted molar refractivity (Wildman–Crippen MR) is 58.5 cm³/mol. The number of ether oxygens (including phenoxy) is 1. The molecule has 1 aromatic rings. The molecular formula is C11H14N2O2. The minimum Gasteiger partial charge on any atom is -0.443 e. The molecule has 1 N–H and O–H groups in total. The fraction of sp³-hybridized carbons (Fsp3) is 0.273. The smallest absolute Gasteiger partial charge is 0.428 e. The first-order chi connectivity index (χ1) is 7.33. The average molecular weight is 206 g/mol. The summed E-state index contributed by atoms with van der Waals surface area (Å²) in [6.45, 7) is 2.19. The van der Waals surface area contributed by atoms with Gasteiger partial charge in [-0.1, -0.05) is 37.3 Å². The van der Waals surface area contributed by atoms with Crippen LogP contribution in [0.2, 0.25) is 0 Å². The summed E-state index contributed by atoms with van der Waals surface area (Å²) >= 11 is 0. The molecule has 15 heavy (non-hydrogen) atoms. The molecule has 1 aromatic carbocycles. The molecule has 0 aliphatic rings. The second-order valence-corrected chi connectivity index (χ2v) is 2.89. The summed E-state index contributed by atoms with van der Waals surface area (Å²) in [6.07, 6.45) is 1.84. The molecule has 0 aromatic heterocycles. The van der Waals surface area contributed by atoms with Crippen molar-refractivity contribution in [3.8, 4) is 0 Å². The van der Waals surface area contributed by atoms with E-state index in [1.54, 1.807) is 6.21 Å². The number of hydrazone groups is 1. The van der Waals surface area contributed by atoms with E-state index >= 15 is 0 Å². The average Bonchev–Trinajstić information content (AvgIpc) is 2.28. The van der Waals surface area contributed by atoms with Crippen LogP contribution in [0.25, 0.3) is 0 Å². The van der Waals surface area contributed by atoms with Crippen LogP contribution in [-0.4, -0.2) is 12.3 Å². The van der Waals surface area contributed by atoms with Crippen LogP contribution in [-0.2, 0) is 11.3 Å². The van der Waals surface area contributed by atoms with Crippen LogP contribution in [0.15, 0.2) is 35.4 Å². The van der Waals surface area contributed by atoms with E-state index in [1.165, 1.54) is 0 Å². The molecule has 1 amide bonds. The van der Waals surface area contributed by atoms with Crippen molar-refractivity contribution >= 4 is 12.3 Å². The first-order valence-electron chi connectivity index (χ1n) is 4.81. The highest BCUT2D eigenvalue weighted by Crippen LogP contribution is 2.00. The highest BCUT2D eigenvalue weighted by Gasteiger charge is 1.99. The molecule has 80 valence electrons. The van der Waals surface area contributed by atoms with E-state index in [0.29, 0.717) is 0 Å². The molecule has 0 aliphatic carbocycles. The van der Waals surface area contributed by atoms with E-state index in [0.717, 1.165) is 12.0 Å². The van der Waals surface area contributed by atoms with E-state index in [4.69, 9.17) is 4.74 Å². The summed E-state index contributed by atoms with van der Waals surface area (Å²) in [5.74, 6) is 0. The lowest BCUT2D eigenvalue weighted by molar-refractivity contribution is 0.140. The maximum Gasteiger partial charge on any atom is 0.428 e. The van der Waals surface area contributed by atoms with Gasteiger partial charge in [-0.3, -0.25) is 0 Å². The zero-order valence-electron chi connectivity index (χ0n) is 8.64. The maximum absolute atomic E-state index is 11.0. The van der Waals surface area contributed by atoms with Crippen LogP contribution in [0, 0.1) is 0 Å². The zero-order chi connectivity index (χ0) is 10.9. The standard InChI is InChI=1S/C11H14N2O2/c1-2-8-12-13-11(14)15-9-10-6-4-3-5-7-10/h3-8H,2,9H2,1H3,(H,13,14)/b12-8+. The van der Waals surface area contributed by atoms with Crippen molar-refractivity contribution in [3.05, 3.63) is 35.9 Å². The van der Waals surface area contributed by atoms with Crippen molar-refractivity contribution in [2.45, 2.75) is 20.0 Å². The molecular weight excluding hydrogens is 192 g/mol. The molecule has 0 heterocycles. The second-order valence-electron chi connectivity index (χ2n) is 2.89. The van der Waals surface area contributed by atoms with Crippen molar-refractivity contribution < 1.29 is 9.53 Å². The van der Waals surface area contributed by atoms with Gasteiger partial charge in [0.15, 0.2) is 0 Å². The Bertz CT molecular complexity index is 323. The number of nitrogens with one attached hydrogen (secondary N) is 1. The highest BCUT2D eigenvalue weighted by atomic mass is 16.5. The molecule has 0 saturated heterocycles. The van der Waals surface area contributed by atoms with Crippen LogP contribution in [0.4, 0.5) is 4.79 Å². The Kier molecular flexibility index (Phi) is 4.94. The highest BCUT2D eigenvalue weighted by molar-refractivity contribution is 5.68. The van der Waals surface area contributed by atoms with Crippen molar-refractivity contribution in [1.29, 1.82) is 0 Å². The van der Waals surface area contributed by atoms with Gasteiger partial charge in [-0.15, -0.1) is 0 Å². The molecule has 0 spiro atoms. The van der Waals surface area contributed by atoms with Crippen molar-refractivity contribution in [1.82, 2.24) is 5.43 Å². The lowest BCUT2D eigenvalue weighted by Crippen LogP contribution is -2.18. The summed E-state index contributed by atoms with van der Waals surface area (Å²) in [7, 11) is 0. The Balaban J connectivity index is 2.26. The number of benzene rings is 1. The van der Waals surface area contributed by atoms with Crippen molar-refractivity contribution in [2.75, 3.05) is 0 Å². The molecule has 0 unspecified atom stereocenters. The summed E-state index contributed by atoms with van der Waals surface area (Å²) in [5, 5.41) is 3.65. The zero-order valence-corrected chi connectivity index (χ0v) is 8.64. The van der Waals surface area contributed by atoms with Gasteiger partial charge in [0.05, 0.1) is 0 Å². The Labute approximate surface area is 88.9 Å². The Morgan fingerprint density at radius 1 is 1.47 bits per heavy atom. The third-order valence-corrected chi connectivity index (χ3v) is 1.64. The SMILES string of the molecule is CC/C=N/NC(=O)OCc1ccccc1. The molecule has 0 fully saturated rings. The maximum atomic E-state index is 11.0. The molecule has 4 nitrogen and oxygen atoms in total. The van der Waals surface area contributed by atoms with E-state index < -0.39 is 6.09 Å². The molecule has 0 saturated carbocycles. The summed E-state index contributed by atoms with van der Waals surface area (Å²) < 4.78 is 4.91. The first kappa shape index (κ1) is 11.2. The molecule has 0 bridgehead atoms. The quantitative estimate of drug-likeness (QED) is 0.607. The van der Waals surface area contributed by atoms with E-state index in [-0.39, 0.29) is 6.61 Å².